The van der Waals surface area contributed by atoms with Crippen LogP contribution < -0.4 is 15.4 Å². The van der Waals surface area contributed by atoms with Crippen molar-refractivity contribution in [3.8, 4) is 5.75 Å². The number of hydrogen-bond acceptors (Lipinski definition) is 5. The van der Waals surface area contributed by atoms with E-state index < -0.39 is 5.82 Å². The van der Waals surface area contributed by atoms with Crippen molar-refractivity contribution in [2.45, 2.75) is 6.42 Å². The Balaban J connectivity index is 1.77. The van der Waals surface area contributed by atoms with Crippen LogP contribution >= 0.6 is 11.6 Å². The molecule has 1 aliphatic heterocycles. The van der Waals surface area contributed by atoms with Gasteiger partial charge in [0.1, 0.15) is 23.7 Å². The van der Waals surface area contributed by atoms with Gasteiger partial charge in [-0.1, -0.05) is 11.6 Å². The van der Waals surface area contributed by atoms with Crippen LogP contribution in [0.1, 0.15) is 6.42 Å². The minimum atomic E-state index is -0.457. The molecule has 1 aromatic heterocycles. The van der Waals surface area contributed by atoms with E-state index in [4.69, 9.17) is 16.3 Å². The third-order valence-electron chi connectivity index (χ3n) is 3.81. The number of rotatable bonds is 2. The molecule has 0 radical (unpaired) electrons. The summed E-state index contributed by atoms with van der Waals surface area (Å²) in [7, 11) is 0. The number of anilines is 3. The van der Waals surface area contributed by atoms with E-state index in [9.17, 15) is 4.39 Å². The minimum Gasteiger partial charge on any atom is -0.491 e. The molecular formula is C17H14ClFN4O. The zero-order valence-corrected chi connectivity index (χ0v) is 13.4. The van der Waals surface area contributed by atoms with Gasteiger partial charge in [0.15, 0.2) is 0 Å². The van der Waals surface area contributed by atoms with Gasteiger partial charge in [0.2, 0.25) is 0 Å². The fraction of sp³-hybridized carbons (Fsp3) is 0.176. The summed E-state index contributed by atoms with van der Waals surface area (Å²) in [5.74, 6) is 0.951. The largest absolute Gasteiger partial charge is 0.491 e. The Kier molecular flexibility index (Phi) is 3.82. The van der Waals surface area contributed by atoms with E-state index in [2.05, 4.69) is 20.6 Å². The highest BCUT2D eigenvalue weighted by Crippen LogP contribution is 2.34. The lowest BCUT2D eigenvalue weighted by atomic mass is 10.2. The first-order valence-electron chi connectivity index (χ1n) is 7.58. The number of hydrogen-bond donors (Lipinski definition) is 2. The van der Waals surface area contributed by atoms with Crippen LogP contribution in [-0.2, 0) is 0 Å². The molecule has 0 unspecified atom stereocenters. The summed E-state index contributed by atoms with van der Waals surface area (Å²) in [5, 5.41) is 7.41. The predicted octanol–water partition coefficient (Wildman–Crippen LogP) is 4.36. The van der Waals surface area contributed by atoms with Crippen molar-refractivity contribution in [1.82, 2.24) is 9.97 Å². The molecule has 1 aliphatic rings. The molecule has 0 bridgehead atoms. The number of halogens is 2. The standard InChI is InChI=1S/C17H14ClFN4O/c18-12-6-10(2-3-13(12)19)23-17-11-7-15-16(24-5-1-4-20-15)8-14(11)21-9-22-17/h2-3,6-9,20H,1,4-5H2,(H,21,22,23). The van der Waals surface area contributed by atoms with Gasteiger partial charge in [-0.15, -0.1) is 0 Å². The van der Waals surface area contributed by atoms with Crippen LogP contribution in [0.15, 0.2) is 36.7 Å². The zero-order valence-electron chi connectivity index (χ0n) is 12.6. The normalized spacial score (nSPS) is 13.6. The van der Waals surface area contributed by atoms with Crippen LogP contribution in [0.2, 0.25) is 5.02 Å². The zero-order chi connectivity index (χ0) is 16.5. The highest BCUT2D eigenvalue weighted by Gasteiger charge is 2.13. The Morgan fingerprint density at radius 3 is 3.00 bits per heavy atom. The quantitative estimate of drug-likeness (QED) is 0.723. The number of aromatic nitrogens is 2. The van der Waals surface area contributed by atoms with Crippen LogP contribution in [-0.4, -0.2) is 23.1 Å². The van der Waals surface area contributed by atoms with Crippen molar-refractivity contribution in [3.05, 3.63) is 47.5 Å². The fourth-order valence-electron chi connectivity index (χ4n) is 2.63. The molecule has 0 saturated heterocycles. The van der Waals surface area contributed by atoms with Gasteiger partial charge >= 0.3 is 0 Å². The average Bonchev–Trinajstić information content (AvgIpc) is 2.81. The van der Waals surface area contributed by atoms with Crippen molar-refractivity contribution in [3.63, 3.8) is 0 Å². The Labute approximate surface area is 142 Å². The number of benzene rings is 2. The molecule has 122 valence electrons. The molecule has 0 atom stereocenters. The van der Waals surface area contributed by atoms with E-state index in [1.807, 2.05) is 12.1 Å². The predicted molar refractivity (Wildman–Crippen MR) is 92.8 cm³/mol. The SMILES string of the molecule is Fc1ccc(Nc2ncnc3cc4c(cc23)NCCCO4)cc1Cl. The van der Waals surface area contributed by atoms with Gasteiger partial charge in [0.25, 0.3) is 0 Å². The first-order valence-corrected chi connectivity index (χ1v) is 7.96. The van der Waals surface area contributed by atoms with Crippen molar-refractivity contribution < 1.29 is 9.13 Å². The number of fused-ring (bicyclic) bond motifs is 2. The maximum atomic E-state index is 13.3. The second kappa shape index (κ2) is 6.13. The monoisotopic (exact) mass is 344 g/mol. The topological polar surface area (TPSA) is 59.1 Å². The summed E-state index contributed by atoms with van der Waals surface area (Å²) < 4.78 is 19.1. The number of ether oxygens (including phenoxy) is 1. The lowest BCUT2D eigenvalue weighted by Crippen LogP contribution is -2.00. The molecule has 3 aromatic rings. The van der Waals surface area contributed by atoms with Gasteiger partial charge in [-0.05, 0) is 30.7 Å². The van der Waals surface area contributed by atoms with E-state index >= 15 is 0 Å². The second-order valence-corrected chi connectivity index (χ2v) is 5.88. The van der Waals surface area contributed by atoms with Gasteiger partial charge in [0, 0.05) is 23.7 Å². The molecule has 5 nitrogen and oxygen atoms in total. The van der Waals surface area contributed by atoms with Crippen LogP contribution in [0.5, 0.6) is 5.75 Å². The maximum Gasteiger partial charge on any atom is 0.144 e. The van der Waals surface area contributed by atoms with Gasteiger partial charge in [-0.3, -0.25) is 0 Å². The Morgan fingerprint density at radius 2 is 2.12 bits per heavy atom. The van der Waals surface area contributed by atoms with E-state index in [1.54, 1.807) is 6.07 Å². The van der Waals surface area contributed by atoms with Crippen molar-refractivity contribution in [2.75, 3.05) is 23.8 Å². The smallest absolute Gasteiger partial charge is 0.144 e. The average molecular weight is 345 g/mol. The summed E-state index contributed by atoms with van der Waals surface area (Å²) in [6, 6.07) is 8.31. The molecule has 7 heteroatoms. The maximum absolute atomic E-state index is 13.3. The van der Waals surface area contributed by atoms with Crippen LogP contribution in [0.25, 0.3) is 10.9 Å². The summed E-state index contributed by atoms with van der Waals surface area (Å²) in [6.45, 7) is 1.53. The summed E-state index contributed by atoms with van der Waals surface area (Å²) >= 11 is 5.84. The molecule has 0 aliphatic carbocycles. The van der Waals surface area contributed by atoms with Gasteiger partial charge in [-0.25, -0.2) is 14.4 Å². The second-order valence-electron chi connectivity index (χ2n) is 5.47. The van der Waals surface area contributed by atoms with Crippen molar-refractivity contribution in [1.29, 1.82) is 0 Å². The molecular weight excluding hydrogens is 331 g/mol. The van der Waals surface area contributed by atoms with Gasteiger partial charge in [-0.2, -0.15) is 0 Å². The van der Waals surface area contributed by atoms with E-state index in [1.165, 1.54) is 18.5 Å². The van der Waals surface area contributed by atoms with Crippen LogP contribution in [0, 0.1) is 5.82 Å². The molecule has 24 heavy (non-hydrogen) atoms. The first-order chi connectivity index (χ1) is 11.7. The lowest BCUT2D eigenvalue weighted by molar-refractivity contribution is 0.323. The first kappa shape index (κ1) is 15.0. The summed E-state index contributed by atoms with van der Waals surface area (Å²) in [4.78, 5) is 8.61. The molecule has 0 spiro atoms. The van der Waals surface area contributed by atoms with Crippen LogP contribution in [0.3, 0.4) is 0 Å². The van der Waals surface area contributed by atoms with E-state index in [0.717, 1.165) is 35.3 Å². The van der Waals surface area contributed by atoms with Crippen molar-refractivity contribution >= 4 is 39.7 Å². The van der Waals surface area contributed by atoms with Crippen molar-refractivity contribution in [2.24, 2.45) is 0 Å². The summed E-state index contributed by atoms with van der Waals surface area (Å²) in [5.41, 5.74) is 2.33. The highest BCUT2D eigenvalue weighted by molar-refractivity contribution is 6.31. The van der Waals surface area contributed by atoms with Gasteiger partial charge in [0.05, 0.1) is 22.8 Å². The Hall–Kier alpha value is -2.60. The number of nitrogens with zero attached hydrogens (tertiary/aromatic N) is 2. The molecule has 2 aromatic carbocycles. The molecule has 2 N–H and O–H groups in total. The van der Waals surface area contributed by atoms with E-state index in [0.29, 0.717) is 18.1 Å². The van der Waals surface area contributed by atoms with Crippen LogP contribution in [0.4, 0.5) is 21.6 Å². The molecule has 0 saturated carbocycles. The lowest BCUT2D eigenvalue weighted by Gasteiger charge is -2.12. The molecule has 2 heterocycles. The summed E-state index contributed by atoms with van der Waals surface area (Å²) in [6.07, 6.45) is 2.42. The number of nitrogens with one attached hydrogen (secondary N) is 2. The molecule has 0 fully saturated rings. The highest BCUT2D eigenvalue weighted by atomic mass is 35.5. The fourth-order valence-corrected chi connectivity index (χ4v) is 2.81. The Morgan fingerprint density at radius 1 is 1.21 bits per heavy atom. The van der Waals surface area contributed by atoms with E-state index in [-0.39, 0.29) is 5.02 Å². The third kappa shape index (κ3) is 2.80. The Bertz CT molecular complexity index is 918. The minimum absolute atomic E-state index is 0.0577. The van der Waals surface area contributed by atoms with Gasteiger partial charge < -0.3 is 15.4 Å². The molecule has 4 rings (SSSR count). The molecule has 0 amide bonds. The third-order valence-corrected chi connectivity index (χ3v) is 4.10.